The fourth-order valence-electron chi connectivity index (χ4n) is 3.36. The number of ether oxygens (including phenoxy) is 2. The van der Waals surface area contributed by atoms with E-state index in [1.807, 2.05) is 0 Å². The van der Waals surface area contributed by atoms with Gasteiger partial charge in [0.05, 0.1) is 11.8 Å². The molecule has 1 saturated heterocycles. The fourth-order valence-corrected chi connectivity index (χ4v) is 3.95. The van der Waals surface area contributed by atoms with Crippen LogP contribution in [0.15, 0.2) is 52.1 Å². The highest BCUT2D eigenvalue weighted by atomic mass is 32.1. The van der Waals surface area contributed by atoms with Gasteiger partial charge in [-0.2, -0.15) is 0 Å². The van der Waals surface area contributed by atoms with Crippen molar-refractivity contribution in [1.29, 1.82) is 0 Å². The number of carbonyl (C=O) groups is 2. The molecule has 3 aromatic rings. The molecule has 9 nitrogen and oxygen atoms in total. The molecule has 1 fully saturated rings. The zero-order valence-electron chi connectivity index (χ0n) is 14.8. The Bertz CT molecular complexity index is 1120. The van der Waals surface area contributed by atoms with Gasteiger partial charge >= 0.3 is 5.91 Å². The molecule has 2 aliphatic rings. The SMILES string of the molecule is O=C1C(=O)N(c2nncs2)C(c2ccco2)/C1=C(\O)c1ccc2c(c1)OCCO2. The van der Waals surface area contributed by atoms with Gasteiger partial charge in [-0.15, -0.1) is 10.2 Å². The van der Waals surface area contributed by atoms with Crippen LogP contribution in [0, 0.1) is 0 Å². The quantitative estimate of drug-likeness (QED) is 0.397. The predicted octanol–water partition coefficient (Wildman–Crippen LogP) is 2.53. The van der Waals surface area contributed by atoms with Gasteiger partial charge in [0.1, 0.15) is 36.3 Å². The summed E-state index contributed by atoms with van der Waals surface area (Å²) in [6, 6.07) is 7.11. The van der Waals surface area contributed by atoms with Crippen LogP contribution < -0.4 is 14.4 Å². The van der Waals surface area contributed by atoms with Crippen LogP contribution in [0.5, 0.6) is 11.5 Å². The van der Waals surface area contributed by atoms with Crippen LogP contribution in [0.3, 0.4) is 0 Å². The van der Waals surface area contributed by atoms with Crippen LogP contribution in [0.25, 0.3) is 5.76 Å². The maximum absolute atomic E-state index is 12.9. The molecule has 5 rings (SSSR count). The van der Waals surface area contributed by atoms with Gasteiger partial charge < -0.3 is 19.0 Å². The summed E-state index contributed by atoms with van der Waals surface area (Å²) in [6.45, 7) is 0.814. The number of aliphatic hydroxyl groups excluding tert-OH is 1. The number of amides is 1. The number of fused-ring (bicyclic) bond motifs is 1. The van der Waals surface area contributed by atoms with Crippen molar-refractivity contribution >= 4 is 33.9 Å². The van der Waals surface area contributed by atoms with Crippen molar-refractivity contribution in [3.05, 3.63) is 59.0 Å². The Hall–Kier alpha value is -3.66. The minimum atomic E-state index is -0.967. The van der Waals surface area contributed by atoms with Crippen molar-refractivity contribution in [2.24, 2.45) is 0 Å². The first kappa shape index (κ1) is 17.4. The van der Waals surface area contributed by atoms with E-state index >= 15 is 0 Å². The number of Topliss-reactive ketones (excluding diaryl/α,β-unsaturated/α-hetero) is 1. The molecule has 10 heteroatoms. The van der Waals surface area contributed by atoms with Gasteiger partial charge in [0.15, 0.2) is 11.5 Å². The Kier molecular flexibility index (Phi) is 4.06. The molecule has 2 aromatic heterocycles. The molecule has 0 spiro atoms. The summed E-state index contributed by atoms with van der Waals surface area (Å²) in [7, 11) is 0. The summed E-state index contributed by atoms with van der Waals surface area (Å²) >= 11 is 1.10. The van der Waals surface area contributed by atoms with Gasteiger partial charge in [-0.25, -0.2) is 0 Å². The third kappa shape index (κ3) is 2.76. The van der Waals surface area contributed by atoms with Gasteiger partial charge in [0.25, 0.3) is 5.78 Å². The number of ketones is 1. The smallest absolute Gasteiger partial charge is 0.302 e. The molecule has 1 N–H and O–H groups in total. The molecule has 0 bridgehead atoms. The van der Waals surface area contributed by atoms with Crippen LogP contribution in [0.4, 0.5) is 5.13 Å². The monoisotopic (exact) mass is 411 g/mol. The number of rotatable bonds is 3. The predicted molar refractivity (Wildman–Crippen MR) is 101 cm³/mol. The van der Waals surface area contributed by atoms with E-state index in [1.54, 1.807) is 30.3 Å². The molecule has 0 saturated carbocycles. The van der Waals surface area contributed by atoms with E-state index < -0.39 is 17.7 Å². The van der Waals surface area contributed by atoms with E-state index in [4.69, 9.17) is 13.9 Å². The number of aliphatic hydroxyl groups is 1. The number of hydrogen-bond donors (Lipinski definition) is 1. The second-order valence-corrected chi connectivity index (χ2v) is 7.08. The van der Waals surface area contributed by atoms with Crippen molar-refractivity contribution in [3.8, 4) is 11.5 Å². The second kappa shape index (κ2) is 6.74. The van der Waals surface area contributed by atoms with E-state index in [9.17, 15) is 14.7 Å². The Morgan fingerprint density at radius 3 is 2.72 bits per heavy atom. The summed E-state index contributed by atoms with van der Waals surface area (Å²) in [5.41, 5.74) is 1.67. The Labute approximate surface area is 167 Å². The van der Waals surface area contributed by atoms with Crippen LogP contribution in [0.2, 0.25) is 0 Å². The number of furan rings is 1. The summed E-state index contributed by atoms with van der Waals surface area (Å²) in [6.07, 6.45) is 1.43. The van der Waals surface area contributed by atoms with E-state index in [-0.39, 0.29) is 16.5 Å². The minimum Gasteiger partial charge on any atom is -0.507 e. The average molecular weight is 411 g/mol. The molecular formula is C19H13N3O6S. The molecule has 4 heterocycles. The number of aromatic nitrogens is 2. The molecule has 146 valence electrons. The van der Waals surface area contributed by atoms with Crippen molar-refractivity contribution in [3.63, 3.8) is 0 Å². The van der Waals surface area contributed by atoms with Crippen molar-refractivity contribution < 1.29 is 28.6 Å². The maximum atomic E-state index is 12.9. The summed E-state index contributed by atoms with van der Waals surface area (Å²) < 4.78 is 16.5. The second-order valence-electron chi connectivity index (χ2n) is 6.26. The van der Waals surface area contributed by atoms with Crippen LogP contribution in [-0.2, 0) is 9.59 Å². The average Bonchev–Trinajstić information content (AvgIpc) is 3.49. The zero-order valence-corrected chi connectivity index (χ0v) is 15.6. The molecule has 0 aliphatic carbocycles. The molecule has 1 atom stereocenters. The lowest BCUT2D eigenvalue weighted by atomic mass is 9.99. The topological polar surface area (TPSA) is 115 Å². The lowest BCUT2D eigenvalue weighted by Crippen LogP contribution is -2.29. The van der Waals surface area contributed by atoms with Crippen LogP contribution >= 0.6 is 11.3 Å². The van der Waals surface area contributed by atoms with E-state index in [2.05, 4.69) is 10.2 Å². The highest BCUT2D eigenvalue weighted by Gasteiger charge is 2.49. The number of benzene rings is 1. The third-order valence-electron chi connectivity index (χ3n) is 4.63. The highest BCUT2D eigenvalue weighted by molar-refractivity contribution is 7.13. The lowest BCUT2D eigenvalue weighted by molar-refractivity contribution is -0.132. The molecule has 1 aromatic carbocycles. The van der Waals surface area contributed by atoms with Gasteiger partial charge in [-0.1, -0.05) is 11.3 Å². The van der Waals surface area contributed by atoms with Crippen molar-refractivity contribution in [2.75, 3.05) is 18.1 Å². The number of nitrogens with zero attached hydrogens (tertiary/aromatic N) is 3. The molecule has 0 radical (unpaired) electrons. The molecular weight excluding hydrogens is 398 g/mol. The Morgan fingerprint density at radius 1 is 1.17 bits per heavy atom. The lowest BCUT2D eigenvalue weighted by Gasteiger charge is -2.21. The number of hydrogen-bond acceptors (Lipinski definition) is 9. The van der Waals surface area contributed by atoms with E-state index in [0.717, 1.165) is 11.3 Å². The third-order valence-corrected chi connectivity index (χ3v) is 5.32. The summed E-state index contributed by atoms with van der Waals surface area (Å²) in [5.74, 6) is -0.679. The van der Waals surface area contributed by atoms with E-state index in [1.165, 1.54) is 16.7 Å². The zero-order chi connectivity index (χ0) is 20.0. The summed E-state index contributed by atoms with van der Waals surface area (Å²) in [5, 5.41) is 18.9. The van der Waals surface area contributed by atoms with E-state index in [0.29, 0.717) is 36.0 Å². The van der Waals surface area contributed by atoms with Crippen LogP contribution in [0.1, 0.15) is 17.4 Å². The minimum absolute atomic E-state index is 0.100. The standard InChI is InChI=1S/C19H13N3O6S/c23-16(10-3-4-11-13(8-10)28-7-6-27-11)14-15(12-2-1-5-26-12)22(18(25)17(14)24)19-21-20-9-29-19/h1-5,8-9,15,23H,6-7H2/b16-14+. The Balaban J connectivity index is 1.67. The first-order valence-corrected chi connectivity index (χ1v) is 9.53. The fraction of sp³-hybridized carbons (Fsp3) is 0.158. The van der Waals surface area contributed by atoms with Gasteiger partial charge in [0, 0.05) is 5.56 Å². The molecule has 29 heavy (non-hydrogen) atoms. The summed E-state index contributed by atoms with van der Waals surface area (Å²) in [4.78, 5) is 26.8. The molecule has 2 aliphatic heterocycles. The molecule has 1 amide bonds. The maximum Gasteiger partial charge on any atom is 0.302 e. The molecule has 1 unspecified atom stereocenters. The van der Waals surface area contributed by atoms with Crippen LogP contribution in [-0.4, -0.2) is 40.2 Å². The normalized spacial score (nSPS) is 20.3. The first-order valence-electron chi connectivity index (χ1n) is 8.66. The first-order chi connectivity index (χ1) is 14.1. The number of carbonyl (C=O) groups excluding carboxylic acids is 2. The largest absolute Gasteiger partial charge is 0.507 e. The van der Waals surface area contributed by atoms with Crippen molar-refractivity contribution in [2.45, 2.75) is 6.04 Å². The number of anilines is 1. The van der Waals surface area contributed by atoms with Gasteiger partial charge in [-0.3, -0.25) is 14.5 Å². The Morgan fingerprint density at radius 2 is 2.00 bits per heavy atom. The van der Waals surface area contributed by atoms with Gasteiger partial charge in [0.2, 0.25) is 5.13 Å². The highest BCUT2D eigenvalue weighted by Crippen LogP contribution is 2.43. The van der Waals surface area contributed by atoms with Crippen molar-refractivity contribution in [1.82, 2.24) is 10.2 Å². The van der Waals surface area contributed by atoms with Gasteiger partial charge in [-0.05, 0) is 30.3 Å².